The average Bonchev–Trinajstić information content (AvgIpc) is 3.13. The van der Waals surface area contributed by atoms with Gasteiger partial charge in [-0.15, -0.1) is 0 Å². The third-order valence-corrected chi connectivity index (χ3v) is 6.50. The molecule has 0 aliphatic carbocycles. The smallest absolute Gasteiger partial charge is 0.342 e. The number of rotatable bonds is 5. The van der Waals surface area contributed by atoms with Crippen molar-refractivity contribution in [2.45, 2.75) is 39.3 Å². The largest absolute Gasteiger partial charge is 0.449 e. The van der Waals surface area contributed by atoms with E-state index in [9.17, 15) is 18.0 Å². The second-order valence-electron chi connectivity index (χ2n) is 6.95. The number of nitrogens with zero attached hydrogens (tertiary/aromatic N) is 2. The number of hydrogen-bond acceptors (Lipinski definition) is 6. The fraction of sp³-hybridized carbons (Fsp3) is 0.421. The highest BCUT2D eigenvalue weighted by Gasteiger charge is 2.31. The standard InChI is InChI=1S/C19H23N3O5S/c1-12-17(13(2)22(21-12)16-7-5-4-6-8-16)19(24)27-14(3)18(23)20-15-9-10-28(25,26)11-15/h4-8,14-15H,9-11H2,1-3H3,(H,20,23)/t14-,15+/m1/s1. The van der Waals surface area contributed by atoms with Crippen molar-refractivity contribution in [1.82, 2.24) is 15.1 Å². The van der Waals surface area contributed by atoms with E-state index in [-0.39, 0.29) is 11.5 Å². The van der Waals surface area contributed by atoms with Gasteiger partial charge in [0.05, 0.1) is 28.6 Å². The Morgan fingerprint density at radius 1 is 1.25 bits per heavy atom. The second kappa shape index (κ2) is 7.75. The lowest BCUT2D eigenvalue weighted by atomic mass is 10.2. The minimum absolute atomic E-state index is 0.0587. The summed E-state index contributed by atoms with van der Waals surface area (Å²) in [5, 5.41) is 7.04. The van der Waals surface area contributed by atoms with Crippen LogP contribution < -0.4 is 5.32 Å². The highest BCUT2D eigenvalue weighted by Crippen LogP contribution is 2.19. The Balaban J connectivity index is 1.69. The van der Waals surface area contributed by atoms with Gasteiger partial charge in [0.1, 0.15) is 5.56 Å². The maximum absolute atomic E-state index is 12.6. The van der Waals surface area contributed by atoms with Gasteiger partial charge < -0.3 is 10.1 Å². The van der Waals surface area contributed by atoms with Gasteiger partial charge in [-0.2, -0.15) is 5.10 Å². The Labute approximate surface area is 163 Å². The van der Waals surface area contributed by atoms with Gasteiger partial charge in [-0.05, 0) is 39.3 Å². The van der Waals surface area contributed by atoms with Crippen LogP contribution in [0.25, 0.3) is 5.69 Å². The number of carbonyl (C=O) groups is 2. The molecule has 8 nitrogen and oxygen atoms in total. The Morgan fingerprint density at radius 3 is 2.54 bits per heavy atom. The van der Waals surface area contributed by atoms with E-state index in [0.29, 0.717) is 23.4 Å². The number of aromatic nitrogens is 2. The van der Waals surface area contributed by atoms with E-state index >= 15 is 0 Å². The van der Waals surface area contributed by atoms with Gasteiger partial charge in [0.25, 0.3) is 5.91 Å². The van der Waals surface area contributed by atoms with Gasteiger partial charge in [0.15, 0.2) is 15.9 Å². The summed E-state index contributed by atoms with van der Waals surface area (Å²) in [6.07, 6.45) is -0.675. The first-order valence-electron chi connectivity index (χ1n) is 9.01. The van der Waals surface area contributed by atoms with Crippen LogP contribution in [-0.2, 0) is 19.4 Å². The molecule has 28 heavy (non-hydrogen) atoms. The SMILES string of the molecule is Cc1nn(-c2ccccc2)c(C)c1C(=O)O[C@H](C)C(=O)N[C@H]1CCS(=O)(=O)C1. The molecular weight excluding hydrogens is 382 g/mol. The number of nitrogens with one attached hydrogen (secondary N) is 1. The highest BCUT2D eigenvalue weighted by molar-refractivity contribution is 7.91. The lowest BCUT2D eigenvalue weighted by molar-refractivity contribution is -0.129. The van der Waals surface area contributed by atoms with Crippen molar-refractivity contribution in [2.75, 3.05) is 11.5 Å². The molecule has 1 fully saturated rings. The topological polar surface area (TPSA) is 107 Å². The minimum atomic E-state index is -3.10. The summed E-state index contributed by atoms with van der Waals surface area (Å²) < 4.78 is 30.0. The second-order valence-corrected chi connectivity index (χ2v) is 9.18. The lowest BCUT2D eigenvalue weighted by Crippen LogP contribution is -2.42. The average molecular weight is 405 g/mol. The van der Waals surface area contributed by atoms with E-state index in [2.05, 4.69) is 10.4 Å². The van der Waals surface area contributed by atoms with Crippen LogP contribution in [0.5, 0.6) is 0 Å². The number of amides is 1. The number of aryl methyl sites for hydroxylation is 1. The number of benzene rings is 1. The molecule has 0 bridgehead atoms. The monoisotopic (exact) mass is 405 g/mol. The summed E-state index contributed by atoms with van der Waals surface area (Å²) >= 11 is 0. The quantitative estimate of drug-likeness (QED) is 0.752. The third-order valence-electron chi connectivity index (χ3n) is 4.73. The molecule has 1 amide bonds. The van der Waals surface area contributed by atoms with E-state index < -0.39 is 33.9 Å². The van der Waals surface area contributed by atoms with Gasteiger partial charge in [-0.25, -0.2) is 17.9 Å². The van der Waals surface area contributed by atoms with Crippen LogP contribution in [0.3, 0.4) is 0 Å². The van der Waals surface area contributed by atoms with Crippen molar-refractivity contribution in [2.24, 2.45) is 0 Å². The first kappa shape index (κ1) is 20.1. The van der Waals surface area contributed by atoms with E-state index in [1.54, 1.807) is 18.5 Å². The molecule has 1 saturated heterocycles. The van der Waals surface area contributed by atoms with Gasteiger partial charge in [0.2, 0.25) is 0 Å². The van der Waals surface area contributed by atoms with Crippen molar-refractivity contribution < 1.29 is 22.7 Å². The van der Waals surface area contributed by atoms with Crippen molar-refractivity contribution in [3.63, 3.8) is 0 Å². The fourth-order valence-corrected chi connectivity index (χ4v) is 4.93. The summed E-state index contributed by atoms with van der Waals surface area (Å²) in [7, 11) is -3.10. The van der Waals surface area contributed by atoms with Crippen LogP contribution in [0, 0.1) is 13.8 Å². The normalized spacial score (nSPS) is 19.2. The molecule has 1 aromatic carbocycles. The fourth-order valence-electron chi connectivity index (χ4n) is 3.26. The maximum atomic E-state index is 12.6. The molecule has 1 aromatic heterocycles. The summed E-state index contributed by atoms with van der Waals surface area (Å²) in [5.74, 6) is -1.18. The number of ether oxygens (including phenoxy) is 1. The molecule has 3 rings (SSSR count). The molecule has 0 radical (unpaired) electrons. The molecule has 0 spiro atoms. The Kier molecular flexibility index (Phi) is 5.55. The van der Waals surface area contributed by atoms with E-state index in [1.165, 1.54) is 6.92 Å². The van der Waals surface area contributed by atoms with Crippen LogP contribution in [-0.4, -0.2) is 53.7 Å². The Morgan fingerprint density at radius 2 is 1.93 bits per heavy atom. The van der Waals surface area contributed by atoms with Crippen molar-refractivity contribution in [3.8, 4) is 5.69 Å². The Hall–Kier alpha value is -2.68. The zero-order valence-corrected chi connectivity index (χ0v) is 16.8. The van der Waals surface area contributed by atoms with Gasteiger partial charge in [0, 0.05) is 6.04 Å². The summed E-state index contributed by atoms with van der Waals surface area (Å²) in [6.45, 7) is 4.93. The molecule has 1 aliphatic heterocycles. The predicted octanol–water partition coefficient (Wildman–Crippen LogP) is 1.34. The van der Waals surface area contributed by atoms with Gasteiger partial charge in [-0.3, -0.25) is 4.79 Å². The Bertz CT molecular complexity index is 998. The number of hydrogen-bond donors (Lipinski definition) is 1. The molecule has 0 saturated carbocycles. The van der Waals surface area contributed by atoms with Crippen LogP contribution in [0.1, 0.15) is 35.1 Å². The molecule has 1 N–H and O–H groups in total. The molecule has 2 atom stereocenters. The van der Waals surface area contributed by atoms with Crippen LogP contribution in [0.15, 0.2) is 30.3 Å². The summed E-state index contributed by atoms with van der Waals surface area (Å²) in [6, 6.07) is 8.95. The molecule has 2 heterocycles. The number of carbonyl (C=O) groups excluding carboxylic acids is 2. The van der Waals surface area contributed by atoms with E-state index in [1.807, 2.05) is 30.3 Å². The van der Waals surface area contributed by atoms with Gasteiger partial charge >= 0.3 is 5.97 Å². The van der Waals surface area contributed by atoms with E-state index in [4.69, 9.17) is 4.74 Å². The summed E-state index contributed by atoms with van der Waals surface area (Å²) in [4.78, 5) is 24.9. The van der Waals surface area contributed by atoms with E-state index in [0.717, 1.165) is 5.69 Å². The van der Waals surface area contributed by atoms with Crippen LogP contribution >= 0.6 is 0 Å². The number of para-hydroxylation sites is 1. The van der Waals surface area contributed by atoms with Crippen molar-refractivity contribution in [1.29, 1.82) is 0 Å². The van der Waals surface area contributed by atoms with Gasteiger partial charge in [-0.1, -0.05) is 18.2 Å². The highest BCUT2D eigenvalue weighted by atomic mass is 32.2. The predicted molar refractivity (Wildman–Crippen MR) is 103 cm³/mol. The maximum Gasteiger partial charge on any atom is 0.342 e. The first-order chi connectivity index (χ1) is 13.2. The molecular formula is C19H23N3O5S. The molecule has 2 aromatic rings. The minimum Gasteiger partial charge on any atom is -0.449 e. The number of esters is 1. The lowest BCUT2D eigenvalue weighted by Gasteiger charge is -2.16. The summed E-state index contributed by atoms with van der Waals surface area (Å²) in [5.41, 5.74) is 2.24. The molecule has 150 valence electrons. The van der Waals surface area contributed by atoms with Crippen molar-refractivity contribution in [3.05, 3.63) is 47.3 Å². The first-order valence-corrected chi connectivity index (χ1v) is 10.8. The van der Waals surface area contributed by atoms with Crippen LogP contribution in [0.4, 0.5) is 0 Å². The third kappa shape index (κ3) is 4.24. The van der Waals surface area contributed by atoms with Crippen molar-refractivity contribution >= 4 is 21.7 Å². The molecule has 0 unspecified atom stereocenters. The van der Waals surface area contributed by atoms with Crippen LogP contribution in [0.2, 0.25) is 0 Å². The molecule has 1 aliphatic rings. The zero-order valence-electron chi connectivity index (χ0n) is 16.0. The molecule has 9 heteroatoms. The zero-order chi connectivity index (χ0) is 20.5. The number of sulfone groups is 1.